The van der Waals surface area contributed by atoms with Crippen LogP contribution in [0.5, 0.6) is 0 Å². The first kappa shape index (κ1) is 13.5. The highest BCUT2D eigenvalue weighted by atomic mass is 32.1. The molecule has 0 saturated heterocycles. The number of thiophene rings is 1. The SMILES string of the molecule is O=c1nc2sc3c(c2c(NCc2ccccc2)[nH]1)CCCC3. The van der Waals surface area contributed by atoms with Crippen molar-refractivity contribution in [3.63, 3.8) is 0 Å². The van der Waals surface area contributed by atoms with Crippen LogP contribution in [0.15, 0.2) is 35.1 Å². The van der Waals surface area contributed by atoms with Crippen molar-refractivity contribution in [2.75, 3.05) is 5.32 Å². The van der Waals surface area contributed by atoms with Crippen molar-refractivity contribution in [1.29, 1.82) is 0 Å². The quantitative estimate of drug-likeness (QED) is 0.778. The first-order valence-corrected chi connectivity index (χ1v) is 8.45. The molecule has 0 saturated carbocycles. The number of fused-ring (bicyclic) bond motifs is 3. The third-order valence-electron chi connectivity index (χ3n) is 4.15. The van der Waals surface area contributed by atoms with Gasteiger partial charge in [0, 0.05) is 11.4 Å². The lowest BCUT2D eigenvalue weighted by Gasteiger charge is -2.12. The second kappa shape index (κ2) is 5.57. The highest BCUT2D eigenvalue weighted by molar-refractivity contribution is 7.19. The first-order valence-electron chi connectivity index (χ1n) is 7.63. The number of aryl methyl sites for hydroxylation is 2. The Morgan fingerprint density at radius 3 is 2.86 bits per heavy atom. The molecule has 5 heteroatoms. The molecule has 0 aliphatic heterocycles. The van der Waals surface area contributed by atoms with E-state index in [0.717, 1.165) is 28.9 Å². The Bertz CT molecular complexity index is 867. The van der Waals surface area contributed by atoms with Gasteiger partial charge in [0.2, 0.25) is 0 Å². The molecule has 0 radical (unpaired) electrons. The Kier molecular flexibility index (Phi) is 3.42. The molecule has 0 fully saturated rings. The number of aromatic amines is 1. The molecule has 2 N–H and O–H groups in total. The molecule has 0 unspecified atom stereocenters. The number of aromatic nitrogens is 2. The lowest BCUT2D eigenvalue weighted by atomic mass is 9.97. The Hall–Kier alpha value is -2.14. The Morgan fingerprint density at radius 1 is 1.18 bits per heavy atom. The second-order valence-corrected chi connectivity index (χ2v) is 6.73. The fraction of sp³-hybridized carbons (Fsp3) is 0.294. The number of nitrogens with zero attached hydrogens (tertiary/aromatic N) is 1. The summed E-state index contributed by atoms with van der Waals surface area (Å²) in [7, 11) is 0. The number of nitrogens with one attached hydrogen (secondary N) is 2. The minimum absolute atomic E-state index is 0.276. The van der Waals surface area contributed by atoms with Gasteiger partial charge in [-0.05, 0) is 36.8 Å². The summed E-state index contributed by atoms with van der Waals surface area (Å²) in [6.07, 6.45) is 4.66. The number of H-pyrrole nitrogens is 1. The average Bonchev–Trinajstić information content (AvgIpc) is 2.91. The topological polar surface area (TPSA) is 57.8 Å². The molecule has 0 bridgehead atoms. The molecular weight excluding hydrogens is 294 g/mol. The van der Waals surface area contributed by atoms with Crippen molar-refractivity contribution >= 4 is 27.4 Å². The normalized spacial score (nSPS) is 14.0. The van der Waals surface area contributed by atoms with Crippen molar-refractivity contribution < 1.29 is 0 Å². The lowest BCUT2D eigenvalue weighted by Crippen LogP contribution is -2.14. The Labute approximate surface area is 132 Å². The smallest absolute Gasteiger partial charge is 0.347 e. The van der Waals surface area contributed by atoms with Crippen LogP contribution in [0.1, 0.15) is 28.8 Å². The number of hydrogen-bond acceptors (Lipinski definition) is 4. The molecular formula is C17H17N3OS. The van der Waals surface area contributed by atoms with Gasteiger partial charge < -0.3 is 5.32 Å². The minimum Gasteiger partial charge on any atom is -0.367 e. The summed E-state index contributed by atoms with van der Waals surface area (Å²) >= 11 is 1.68. The minimum atomic E-state index is -0.276. The Morgan fingerprint density at radius 2 is 2.00 bits per heavy atom. The number of rotatable bonds is 3. The van der Waals surface area contributed by atoms with Crippen LogP contribution in [-0.2, 0) is 19.4 Å². The monoisotopic (exact) mass is 311 g/mol. The van der Waals surface area contributed by atoms with Crippen LogP contribution in [0, 0.1) is 0 Å². The predicted octanol–water partition coefficient (Wildman–Crippen LogP) is 3.48. The van der Waals surface area contributed by atoms with E-state index in [-0.39, 0.29) is 5.69 Å². The van der Waals surface area contributed by atoms with E-state index in [1.807, 2.05) is 18.2 Å². The maximum absolute atomic E-state index is 11.8. The van der Waals surface area contributed by atoms with E-state index < -0.39 is 0 Å². The number of hydrogen-bond donors (Lipinski definition) is 2. The molecule has 4 rings (SSSR count). The van der Waals surface area contributed by atoms with Crippen LogP contribution in [0.3, 0.4) is 0 Å². The molecule has 2 heterocycles. The maximum Gasteiger partial charge on any atom is 0.347 e. The summed E-state index contributed by atoms with van der Waals surface area (Å²) in [6.45, 7) is 0.695. The number of anilines is 1. The fourth-order valence-electron chi connectivity index (χ4n) is 3.10. The van der Waals surface area contributed by atoms with Crippen LogP contribution < -0.4 is 11.0 Å². The van der Waals surface area contributed by atoms with Crippen LogP contribution >= 0.6 is 11.3 Å². The van der Waals surface area contributed by atoms with Gasteiger partial charge in [0.25, 0.3) is 0 Å². The van der Waals surface area contributed by atoms with Crippen molar-refractivity contribution in [3.8, 4) is 0 Å². The molecule has 112 valence electrons. The van der Waals surface area contributed by atoms with E-state index in [9.17, 15) is 4.79 Å². The van der Waals surface area contributed by atoms with Gasteiger partial charge in [-0.3, -0.25) is 4.98 Å². The molecule has 0 amide bonds. The van der Waals surface area contributed by atoms with Gasteiger partial charge >= 0.3 is 5.69 Å². The first-order chi connectivity index (χ1) is 10.8. The van der Waals surface area contributed by atoms with Gasteiger partial charge in [-0.15, -0.1) is 11.3 Å². The van der Waals surface area contributed by atoms with Gasteiger partial charge in [0.1, 0.15) is 10.6 Å². The van der Waals surface area contributed by atoms with Gasteiger partial charge in [-0.2, -0.15) is 4.98 Å². The standard InChI is InChI=1S/C17H17N3OS/c21-17-19-15(18-10-11-6-2-1-3-7-11)14-12-8-4-5-9-13(12)22-16(14)20-17/h1-3,6-7H,4-5,8-10H2,(H2,18,19,20,21). The summed E-state index contributed by atoms with van der Waals surface area (Å²) in [5.41, 5.74) is 2.30. The van der Waals surface area contributed by atoms with Crippen molar-refractivity contribution in [3.05, 3.63) is 56.8 Å². The fourth-order valence-corrected chi connectivity index (χ4v) is 4.36. The third-order valence-corrected chi connectivity index (χ3v) is 5.34. The van der Waals surface area contributed by atoms with Gasteiger partial charge in [-0.25, -0.2) is 4.79 Å². The van der Waals surface area contributed by atoms with E-state index in [1.165, 1.54) is 28.8 Å². The highest BCUT2D eigenvalue weighted by Crippen LogP contribution is 2.37. The van der Waals surface area contributed by atoms with Crippen LogP contribution in [0.25, 0.3) is 10.2 Å². The summed E-state index contributed by atoms with van der Waals surface area (Å²) in [4.78, 5) is 21.1. The third kappa shape index (κ3) is 2.41. The maximum atomic E-state index is 11.8. The van der Waals surface area contributed by atoms with Gasteiger partial charge in [0.15, 0.2) is 0 Å². The van der Waals surface area contributed by atoms with Crippen LogP contribution in [0.4, 0.5) is 5.82 Å². The van der Waals surface area contributed by atoms with E-state index in [2.05, 4.69) is 27.4 Å². The summed E-state index contributed by atoms with van der Waals surface area (Å²) in [5.74, 6) is 0.818. The van der Waals surface area contributed by atoms with Crippen molar-refractivity contribution in [2.24, 2.45) is 0 Å². The molecule has 3 aromatic rings. The molecule has 1 aliphatic rings. The Balaban J connectivity index is 1.76. The molecule has 0 spiro atoms. The number of benzene rings is 1. The molecule has 1 aliphatic carbocycles. The average molecular weight is 311 g/mol. The summed E-state index contributed by atoms with van der Waals surface area (Å²) in [6, 6.07) is 10.2. The van der Waals surface area contributed by atoms with Crippen molar-refractivity contribution in [1.82, 2.24) is 9.97 Å². The highest BCUT2D eigenvalue weighted by Gasteiger charge is 2.20. The van der Waals surface area contributed by atoms with Gasteiger partial charge in [-0.1, -0.05) is 30.3 Å². The lowest BCUT2D eigenvalue weighted by molar-refractivity contribution is 0.700. The molecule has 0 atom stereocenters. The van der Waals surface area contributed by atoms with E-state index in [1.54, 1.807) is 11.3 Å². The molecule has 4 nitrogen and oxygen atoms in total. The predicted molar refractivity (Wildman–Crippen MR) is 90.7 cm³/mol. The van der Waals surface area contributed by atoms with Crippen LogP contribution in [-0.4, -0.2) is 9.97 Å². The molecule has 2 aromatic heterocycles. The molecule has 22 heavy (non-hydrogen) atoms. The van der Waals surface area contributed by atoms with E-state index >= 15 is 0 Å². The zero-order valence-electron chi connectivity index (χ0n) is 12.2. The summed E-state index contributed by atoms with van der Waals surface area (Å²) in [5, 5.41) is 4.51. The molecule has 1 aromatic carbocycles. The second-order valence-electron chi connectivity index (χ2n) is 5.65. The van der Waals surface area contributed by atoms with E-state index in [4.69, 9.17) is 0 Å². The van der Waals surface area contributed by atoms with Gasteiger partial charge in [0.05, 0.1) is 5.39 Å². The van der Waals surface area contributed by atoms with E-state index in [0.29, 0.717) is 6.54 Å². The zero-order valence-corrected chi connectivity index (χ0v) is 13.0. The zero-order chi connectivity index (χ0) is 14.9. The van der Waals surface area contributed by atoms with Crippen LogP contribution in [0.2, 0.25) is 0 Å². The largest absolute Gasteiger partial charge is 0.367 e. The van der Waals surface area contributed by atoms with Crippen molar-refractivity contribution in [2.45, 2.75) is 32.2 Å². The summed E-state index contributed by atoms with van der Waals surface area (Å²) < 4.78 is 0.